The molecule has 1 aliphatic rings. The molecule has 0 bridgehead atoms. The lowest BCUT2D eigenvalue weighted by Crippen LogP contribution is -2.63. The number of carboxylic acids is 1. The molecule has 11 aromatic carbocycles. The summed E-state index contributed by atoms with van der Waals surface area (Å²) in [6, 6.07) is 10.2. The number of hydrogen-bond acceptors (Lipinski definition) is 50. The van der Waals surface area contributed by atoms with Crippen LogP contribution in [0.2, 0.25) is 0 Å². The molecule has 0 radical (unpaired) electrons. The first kappa shape index (κ1) is 94.6. The summed E-state index contributed by atoms with van der Waals surface area (Å²) in [5, 5.41) is 296. The smallest absolute Gasteiger partial charge is 0.343 e. The Morgan fingerprint density at radius 2 is 0.373 bits per heavy atom. The van der Waals surface area contributed by atoms with Gasteiger partial charge >= 0.3 is 65.7 Å². The van der Waals surface area contributed by atoms with Crippen LogP contribution >= 0.6 is 0 Å². The Morgan fingerprint density at radius 1 is 0.201 bits per heavy atom. The molecule has 1 fully saturated rings. The van der Waals surface area contributed by atoms with E-state index in [4.69, 9.17) is 72.5 Å². The van der Waals surface area contributed by atoms with Crippen molar-refractivity contribution in [2.24, 2.45) is 0 Å². The van der Waals surface area contributed by atoms with Crippen LogP contribution in [0.1, 0.15) is 114 Å². The van der Waals surface area contributed by atoms with Crippen molar-refractivity contribution in [2.45, 2.75) is 30.7 Å². The maximum Gasteiger partial charge on any atom is 0.343 e. The molecule has 5 atom stereocenters. The zero-order valence-corrected chi connectivity index (χ0v) is 65.7. The number of carbonyl (C=O) groups is 11. The normalized spacial score (nSPS) is 14.2. The van der Waals surface area contributed by atoms with Gasteiger partial charge in [-0.15, -0.1) is 0 Å². The lowest BCUT2D eigenvalue weighted by Gasteiger charge is -2.43. The third kappa shape index (κ3) is 20.2. The van der Waals surface area contributed by atoms with E-state index in [0.29, 0.717) is 121 Å². The highest BCUT2D eigenvalue weighted by molar-refractivity contribution is 6.00. The van der Waals surface area contributed by atoms with Crippen LogP contribution in [0.15, 0.2) is 133 Å². The van der Waals surface area contributed by atoms with Crippen LogP contribution in [0.5, 0.6) is 190 Å². The van der Waals surface area contributed by atoms with E-state index >= 15 is 14.4 Å². The SMILES string of the molecule is O=C(O)c1cc(O)c(O)c(O)c1.O=C(OC[C@H]1O[C@@H](OC(=O)c2cc(O)c(O)c(OC(=O)c3cc(O)c(O)c(O)c3)c2)[C@H](OC(=O)c2cc(O)c(O)c(OC(=O)c3cc(O)c(O)c(O)c3)c2)[C@@H](OC(=O)c2cc(O)c(O)c(OC(=O)c3cc(O)c(O)c(O)c3)c2)[C@@H]1OC(=O)c1cc(O)c(O)c(OC(=O)c2cc(O)c(O)c(O)c2)c1)c1cc(O)c(O)c(OC(=O)c2cc(O)c(O)c(O)c2)c1. The molecule has 51 heteroatoms. The molecule has 134 heavy (non-hydrogen) atoms. The van der Waals surface area contributed by atoms with Gasteiger partial charge in [0.2, 0.25) is 41.1 Å². The maximum atomic E-state index is 15.3. The summed E-state index contributed by atoms with van der Waals surface area (Å²) in [5.41, 5.74) is -10.2. The molecule has 0 aliphatic carbocycles. The summed E-state index contributed by atoms with van der Waals surface area (Å²) in [6.45, 7) is -1.71. The fourth-order valence-corrected chi connectivity index (χ4v) is 11.6. The Kier molecular flexibility index (Phi) is 26.6. The first-order valence-corrected chi connectivity index (χ1v) is 36.2. The Hall–Kier alpha value is -20.0. The molecule has 29 N–H and O–H groups in total. The summed E-state index contributed by atoms with van der Waals surface area (Å²) in [7, 11) is 0. The lowest BCUT2D eigenvalue weighted by molar-refractivity contribution is -0.282. The summed E-state index contributed by atoms with van der Waals surface area (Å²) >= 11 is 0. The van der Waals surface area contributed by atoms with Gasteiger partial charge < -0.3 is 200 Å². The topological polar surface area (TPSA) is 876 Å². The van der Waals surface area contributed by atoms with Crippen LogP contribution in [0.4, 0.5) is 0 Å². The maximum absolute atomic E-state index is 15.3. The van der Waals surface area contributed by atoms with Gasteiger partial charge in [-0.1, -0.05) is 0 Å². The third-order valence-corrected chi connectivity index (χ3v) is 18.2. The quantitative estimate of drug-likeness (QED) is 0.0176. The zero-order valence-electron chi connectivity index (χ0n) is 65.7. The van der Waals surface area contributed by atoms with Gasteiger partial charge in [0.25, 0.3) is 0 Å². The Balaban J connectivity index is 0.00000133. The van der Waals surface area contributed by atoms with Gasteiger partial charge in [-0.05, 0) is 133 Å². The second-order valence-electron chi connectivity index (χ2n) is 27.3. The molecule has 0 aromatic heterocycles. The molecule has 0 spiro atoms. The number of ether oxygens (including phenoxy) is 11. The second kappa shape index (κ2) is 37.6. The van der Waals surface area contributed by atoms with Crippen LogP contribution in [-0.4, -0.2) is 251 Å². The largest absolute Gasteiger partial charge is 0.504 e. The molecule has 0 unspecified atom stereocenters. The van der Waals surface area contributed by atoms with Crippen LogP contribution in [0, 0.1) is 0 Å². The van der Waals surface area contributed by atoms with Crippen molar-refractivity contribution in [3.63, 3.8) is 0 Å². The predicted molar refractivity (Wildman–Crippen MR) is 421 cm³/mol. The van der Waals surface area contributed by atoms with Gasteiger partial charge in [-0.25, -0.2) is 52.7 Å². The van der Waals surface area contributed by atoms with E-state index in [1.54, 1.807) is 0 Å². The van der Waals surface area contributed by atoms with Crippen molar-refractivity contribution in [3.05, 3.63) is 195 Å². The van der Waals surface area contributed by atoms with Crippen molar-refractivity contribution >= 4 is 65.7 Å². The second-order valence-corrected chi connectivity index (χ2v) is 27.3. The van der Waals surface area contributed by atoms with Crippen LogP contribution in [0.3, 0.4) is 0 Å². The first-order chi connectivity index (χ1) is 62.9. The average molecular weight is 1870 g/mol. The number of phenolic OH excluding ortho intramolecular Hbond substituents is 28. The summed E-state index contributed by atoms with van der Waals surface area (Å²) in [6.07, 6.45) is -15.1. The van der Waals surface area contributed by atoms with Gasteiger partial charge in [0, 0.05) is 0 Å². The van der Waals surface area contributed by atoms with Gasteiger partial charge in [-0.2, -0.15) is 0 Å². The molecule has 1 aliphatic heterocycles. The first-order valence-electron chi connectivity index (χ1n) is 36.2. The standard InChI is InChI=1S/C76H52O46.C7H6O5/c77-32-1-22(2-33(78)53(32)92)67(103)113-47-16-27(11-42(87)58(47)97)66(102)112-21-52-63(119-72(108)28-12-43(88)59(98)48(17-28)114-68(104)23-3-34(79)54(93)35(80)4-23)64(120-73(109)29-13-44(89)60(99)49(18-29)115-69(105)24-5-36(81)55(94)37(82)6-24)65(121-74(110)30-14-45(90)61(100)50(19-30)116-70(106)25-7-38(83)56(95)39(84)8-25)76(118-52)122-75(111)31-15-46(91)62(101)51(20-31)117-71(107)26-9-40(85)57(96)41(86)10-26;8-4-1-3(7(11)12)2-5(9)6(4)10/h1-20,52,63-65,76-101H,21H2;1-2,8-10H,(H,11,12)/t52-,63-,64+,65-,76+;/m1./s1. The monoisotopic (exact) mass is 1870 g/mol. The molecular formula is C83H58O51. The fraction of sp³-hybridized carbons (Fsp3) is 0.0723. The molecule has 11 aromatic rings. The van der Waals surface area contributed by atoms with Gasteiger partial charge in [-0.3, -0.25) is 0 Å². The summed E-state index contributed by atoms with van der Waals surface area (Å²) in [4.78, 5) is 153. The Bertz CT molecular complexity index is 6610. The Labute approximate surface area is 737 Å². The highest BCUT2D eigenvalue weighted by Gasteiger charge is 2.55. The zero-order chi connectivity index (χ0) is 98.7. The number of esters is 10. The van der Waals surface area contributed by atoms with E-state index in [2.05, 4.69) is 0 Å². The van der Waals surface area contributed by atoms with E-state index < -0.39 is 348 Å². The number of hydrogen-bond donors (Lipinski definition) is 29. The minimum Gasteiger partial charge on any atom is -0.504 e. The molecule has 0 amide bonds. The van der Waals surface area contributed by atoms with E-state index in [0.717, 1.165) is 12.1 Å². The van der Waals surface area contributed by atoms with Crippen LogP contribution in [0.25, 0.3) is 0 Å². The summed E-state index contributed by atoms with van der Waals surface area (Å²) in [5.74, 6) is -59.3. The molecule has 1 heterocycles. The number of carbonyl (C=O) groups excluding carboxylic acids is 10. The molecule has 12 rings (SSSR count). The highest BCUT2D eigenvalue weighted by atomic mass is 16.8. The number of phenols is 28. The van der Waals surface area contributed by atoms with Crippen molar-refractivity contribution in [1.82, 2.24) is 0 Å². The summed E-state index contributed by atoms with van der Waals surface area (Å²) < 4.78 is 60.4. The predicted octanol–water partition coefficient (Wildman–Crippen LogP) is 5.34. The third-order valence-electron chi connectivity index (χ3n) is 18.2. The minimum atomic E-state index is -3.12. The molecular weight excluding hydrogens is 1810 g/mol. The Morgan fingerprint density at radius 3 is 0.590 bits per heavy atom. The number of rotatable bonds is 22. The average Bonchev–Trinajstić information content (AvgIpc) is 0.761. The van der Waals surface area contributed by atoms with Crippen LogP contribution in [-0.2, 0) is 28.4 Å². The number of aromatic carboxylic acids is 1. The molecule has 0 saturated carbocycles. The van der Waals surface area contributed by atoms with Crippen molar-refractivity contribution < 1.29 is 253 Å². The van der Waals surface area contributed by atoms with Gasteiger partial charge in [0.1, 0.15) is 12.7 Å². The van der Waals surface area contributed by atoms with E-state index in [9.17, 15) is 166 Å². The van der Waals surface area contributed by atoms with Crippen LogP contribution < -0.4 is 23.7 Å². The van der Waals surface area contributed by atoms with Crippen molar-refractivity contribution in [1.29, 1.82) is 0 Å². The highest BCUT2D eigenvalue weighted by Crippen LogP contribution is 2.48. The fourth-order valence-electron chi connectivity index (χ4n) is 11.6. The molecule has 51 nitrogen and oxygen atoms in total. The van der Waals surface area contributed by atoms with E-state index in [1.165, 1.54) is 0 Å². The number of carboxylic acid groups (broad SMARTS) is 1. The van der Waals surface area contributed by atoms with E-state index in [-0.39, 0.29) is 5.56 Å². The lowest BCUT2D eigenvalue weighted by atomic mass is 9.97. The number of aromatic hydroxyl groups is 28. The van der Waals surface area contributed by atoms with E-state index in [1.807, 2.05) is 0 Å². The van der Waals surface area contributed by atoms with Gasteiger partial charge in [0.15, 0.2) is 173 Å². The molecule has 696 valence electrons. The van der Waals surface area contributed by atoms with Gasteiger partial charge in [0.05, 0.1) is 61.2 Å². The number of benzene rings is 11. The van der Waals surface area contributed by atoms with Crippen molar-refractivity contribution in [3.8, 4) is 190 Å². The minimum absolute atomic E-state index is 0.289. The molecule has 1 saturated heterocycles. The van der Waals surface area contributed by atoms with Crippen molar-refractivity contribution in [2.75, 3.05) is 6.61 Å².